The Kier molecular flexibility index (Phi) is 2.69. The van der Waals surface area contributed by atoms with E-state index in [9.17, 15) is 0 Å². The summed E-state index contributed by atoms with van der Waals surface area (Å²) < 4.78 is 3.95. The molecule has 13 heavy (non-hydrogen) atoms. The number of halogens is 1. The summed E-state index contributed by atoms with van der Waals surface area (Å²) in [5.41, 5.74) is 0.0844. The zero-order valence-electron chi connectivity index (χ0n) is 7.29. The van der Waals surface area contributed by atoms with Crippen molar-refractivity contribution in [3.8, 4) is 0 Å². The summed E-state index contributed by atoms with van der Waals surface area (Å²) in [6.07, 6.45) is 6.40. The normalized spacial score (nSPS) is 20.4. The van der Waals surface area contributed by atoms with E-state index in [1.165, 1.54) is 24.4 Å². The minimum Gasteiger partial charge on any atom is -0.354 e. The molecule has 1 fully saturated rings. The lowest BCUT2D eigenvalue weighted by atomic mass is 10.0. The van der Waals surface area contributed by atoms with Gasteiger partial charge >= 0.3 is 0 Å². The van der Waals surface area contributed by atoms with Gasteiger partial charge in [0.25, 0.3) is 0 Å². The second-order valence-corrected chi connectivity index (χ2v) is 4.54. The average Bonchev–Trinajstić information content (AvgIpc) is 2.77. The maximum Gasteiger partial charge on any atom is 0.202 e. The van der Waals surface area contributed by atoms with Gasteiger partial charge in [-0.1, -0.05) is 12.8 Å². The molecule has 1 aliphatic rings. The van der Waals surface area contributed by atoms with Crippen LogP contribution in [-0.2, 0) is 0 Å². The predicted octanol–water partition coefficient (Wildman–Crippen LogP) is 2.50. The summed E-state index contributed by atoms with van der Waals surface area (Å²) in [7, 11) is 0. The van der Waals surface area contributed by atoms with Crippen molar-refractivity contribution in [2.45, 2.75) is 31.2 Å². The second kappa shape index (κ2) is 3.80. The Bertz CT molecular complexity index is 256. The van der Waals surface area contributed by atoms with E-state index in [1.54, 1.807) is 6.33 Å². The fourth-order valence-corrected chi connectivity index (χ4v) is 2.68. The van der Waals surface area contributed by atoms with Gasteiger partial charge < -0.3 is 5.32 Å². The van der Waals surface area contributed by atoms with Crippen molar-refractivity contribution in [3.63, 3.8) is 0 Å². The lowest BCUT2D eigenvalue weighted by molar-refractivity contribution is 0.539. The fourth-order valence-electron chi connectivity index (χ4n) is 1.80. The minimum atomic E-state index is 0.0844. The third-order valence-corrected chi connectivity index (χ3v) is 3.64. The Hall–Kier alpha value is -0.350. The van der Waals surface area contributed by atoms with Crippen molar-refractivity contribution in [2.75, 3.05) is 11.2 Å². The van der Waals surface area contributed by atoms with Gasteiger partial charge in [0.1, 0.15) is 6.33 Å². The maximum absolute atomic E-state index is 5.98. The average molecular weight is 218 g/mol. The molecule has 0 unspecified atom stereocenters. The van der Waals surface area contributed by atoms with Crippen LogP contribution in [0.1, 0.15) is 25.7 Å². The third kappa shape index (κ3) is 1.94. The van der Waals surface area contributed by atoms with Crippen LogP contribution >= 0.6 is 23.1 Å². The van der Waals surface area contributed by atoms with Gasteiger partial charge in [-0.15, -0.1) is 11.6 Å². The third-order valence-electron chi connectivity index (χ3n) is 2.55. The van der Waals surface area contributed by atoms with Gasteiger partial charge in [-0.25, -0.2) is 4.98 Å². The van der Waals surface area contributed by atoms with Crippen molar-refractivity contribution in [3.05, 3.63) is 6.33 Å². The standard InChI is InChI=1S/C8H12ClN3S/c9-5-8(3-1-2-4-8)12-7-10-6-11-13-7/h6H,1-5H2,(H,10,11,12). The summed E-state index contributed by atoms with van der Waals surface area (Å²) in [5.74, 6) is 0.659. The topological polar surface area (TPSA) is 37.8 Å². The number of rotatable bonds is 3. The second-order valence-electron chi connectivity index (χ2n) is 3.49. The van der Waals surface area contributed by atoms with E-state index in [-0.39, 0.29) is 5.54 Å². The molecule has 1 N–H and O–H groups in total. The molecule has 0 saturated heterocycles. The van der Waals surface area contributed by atoms with E-state index in [4.69, 9.17) is 11.6 Å². The van der Waals surface area contributed by atoms with Crippen LogP contribution in [0.2, 0.25) is 0 Å². The smallest absolute Gasteiger partial charge is 0.202 e. The largest absolute Gasteiger partial charge is 0.354 e. The number of hydrogen-bond donors (Lipinski definition) is 1. The van der Waals surface area contributed by atoms with Gasteiger partial charge in [0.05, 0.1) is 5.54 Å². The van der Waals surface area contributed by atoms with Crippen LogP contribution in [0.5, 0.6) is 0 Å². The van der Waals surface area contributed by atoms with Crippen LogP contribution in [0.4, 0.5) is 5.13 Å². The van der Waals surface area contributed by atoms with E-state index in [0.717, 1.165) is 18.0 Å². The molecule has 0 atom stereocenters. The number of hydrogen-bond acceptors (Lipinski definition) is 4. The molecular weight excluding hydrogens is 206 g/mol. The van der Waals surface area contributed by atoms with Gasteiger partial charge in [0, 0.05) is 17.4 Å². The predicted molar refractivity (Wildman–Crippen MR) is 55.5 cm³/mol. The first-order chi connectivity index (χ1) is 6.35. The first-order valence-corrected chi connectivity index (χ1v) is 5.76. The molecule has 1 aromatic rings. The van der Waals surface area contributed by atoms with Gasteiger partial charge in [0.15, 0.2) is 0 Å². The highest BCUT2D eigenvalue weighted by Gasteiger charge is 2.33. The number of aromatic nitrogens is 2. The number of anilines is 1. The highest BCUT2D eigenvalue weighted by atomic mass is 35.5. The SMILES string of the molecule is ClCC1(Nc2ncns2)CCCC1. The maximum atomic E-state index is 5.98. The number of alkyl halides is 1. The van der Waals surface area contributed by atoms with E-state index in [0.29, 0.717) is 5.88 Å². The summed E-state index contributed by atoms with van der Waals surface area (Å²) in [6.45, 7) is 0. The molecule has 0 aromatic carbocycles. The molecule has 5 heteroatoms. The Labute approximate surface area is 86.7 Å². The van der Waals surface area contributed by atoms with E-state index in [2.05, 4.69) is 14.7 Å². The lowest BCUT2D eigenvalue weighted by Crippen LogP contribution is -2.36. The molecule has 1 aliphatic carbocycles. The molecular formula is C8H12ClN3S. The van der Waals surface area contributed by atoms with Crippen molar-refractivity contribution in [1.82, 2.24) is 9.36 Å². The van der Waals surface area contributed by atoms with Crippen molar-refractivity contribution in [2.24, 2.45) is 0 Å². The van der Waals surface area contributed by atoms with E-state index >= 15 is 0 Å². The highest BCUT2D eigenvalue weighted by molar-refractivity contribution is 7.09. The van der Waals surface area contributed by atoms with Crippen LogP contribution < -0.4 is 5.32 Å². The van der Waals surface area contributed by atoms with Crippen LogP contribution in [-0.4, -0.2) is 20.8 Å². The zero-order chi connectivity index (χ0) is 9.15. The lowest BCUT2D eigenvalue weighted by Gasteiger charge is -2.27. The van der Waals surface area contributed by atoms with E-state index < -0.39 is 0 Å². The molecule has 3 nitrogen and oxygen atoms in total. The summed E-state index contributed by atoms with van der Waals surface area (Å²) in [4.78, 5) is 4.11. The molecule has 1 aromatic heterocycles. The fraction of sp³-hybridized carbons (Fsp3) is 0.750. The minimum absolute atomic E-state index is 0.0844. The van der Waals surface area contributed by atoms with Gasteiger partial charge in [-0.05, 0) is 12.8 Å². The summed E-state index contributed by atoms with van der Waals surface area (Å²) in [6, 6.07) is 0. The van der Waals surface area contributed by atoms with Gasteiger partial charge in [-0.2, -0.15) is 4.37 Å². The van der Waals surface area contributed by atoms with Crippen molar-refractivity contribution < 1.29 is 0 Å². The monoisotopic (exact) mass is 217 g/mol. The summed E-state index contributed by atoms with van der Waals surface area (Å²) in [5, 5.41) is 4.29. The highest BCUT2D eigenvalue weighted by Crippen LogP contribution is 2.34. The molecule has 0 amide bonds. The molecule has 1 saturated carbocycles. The van der Waals surface area contributed by atoms with Crippen molar-refractivity contribution in [1.29, 1.82) is 0 Å². The number of nitrogens with zero attached hydrogens (tertiary/aromatic N) is 2. The molecule has 72 valence electrons. The Morgan fingerprint density at radius 1 is 1.54 bits per heavy atom. The first kappa shape index (κ1) is 9.21. The molecule has 0 aliphatic heterocycles. The molecule has 1 heterocycles. The van der Waals surface area contributed by atoms with Crippen LogP contribution in [0.25, 0.3) is 0 Å². The van der Waals surface area contributed by atoms with Crippen LogP contribution in [0.15, 0.2) is 6.33 Å². The summed E-state index contributed by atoms with van der Waals surface area (Å²) >= 11 is 7.37. The Morgan fingerprint density at radius 2 is 2.31 bits per heavy atom. The Morgan fingerprint density at radius 3 is 2.85 bits per heavy atom. The zero-order valence-corrected chi connectivity index (χ0v) is 8.87. The van der Waals surface area contributed by atoms with Crippen molar-refractivity contribution >= 4 is 28.3 Å². The molecule has 2 rings (SSSR count). The first-order valence-electron chi connectivity index (χ1n) is 4.45. The van der Waals surface area contributed by atoms with Gasteiger partial charge in [-0.3, -0.25) is 0 Å². The van der Waals surface area contributed by atoms with Crippen LogP contribution in [0.3, 0.4) is 0 Å². The van der Waals surface area contributed by atoms with E-state index in [1.807, 2.05) is 0 Å². The van der Waals surface area contributed by atoms with Gasteiger partial charge in [0.2, 0.25) is 5.13 Å². The number of nitrogens with one attached hydrogen (secondary N) is 1. The molecule has 0 bridgehead atoms. The molecule has 0 radical (unpaired) electrons. The van der Waals surface area contributed by atoms with Crippen LogP contribution in [0, 0.1) is 0 Å². The quantitative estimate of drug-likeness (QED) is 0.791. The Balaban J connectivity index is 2.06. The molecule has 0 spiro atoms.